The van der Waals surface area contributed by atoms with Crippen molar-refractivity contribution in [3.05, 3.63) is 107 Å². The zero-order valence-corrected chi connectivity index (χ0v) is 32.8. The molecule has 0 aromatic carbocycles. The highest BCUT2D eigenvalue weighted by atomic mass is 32.1. The molecule has 0 amide bonds. The van der Waals surface area contributed by atoms with Crippen LogP contribution in [0.15, 0.2) is 78.5 Å². The molecule has 2 aliphatic carbocycles. The van der Waals surface area contributed by atoms with Gasteiger partial charge in [0.25, 0.3) is 0 Å². The Hall–Kier alpha value is -3.44. The fraction of sp³-hybridized carbons (Fsp3) is 0.511. The number of hydrogen-bond donors (Lipinski definition) is 0. The normalized spacial score (nSPS) is 20.4. The van der Waals surface area contributed by atoms with Gasteiger partial charge >= 0.3 is 0 Å². The van der Waals surface area contributed by atoms with Gasteiger partial charge in [0.1, 0.15) is 5.82 Å². The Morgan fingerprint density at radius 3 is 2.62 bits per heavy atom. The van der Waals surface area contributed by atoms with E-state index < -0.39 is 0 Å². The fourth-order valence-corrected chi connectivity index (χ4v) is 9.19. The molecule has 0 bridgehead atoms. The minimum atomic E-state index is 0.131. The highest BCUT2D eigenvalue weighted by molar-refractivity contribution is 7.09. The molecule has 1 aliphatic heterocycles. The fourth-order valence-electron chi connectivity index (χ4n) is 8.36. The summed E-state index contributed by atoms with van der Waals surface area (Å²) < 4.78 is 2.62. The van der Waals surface area contributed by atoms with Gasteiger partial charge < -0.3 is 9.47 Å². The third-order valence-electron chi connectivity index (χ3n) is 11.6. The molecule has 50 heavy (non-hydrogen) atoms. The third kappa shape index (κ3) is 8.20. The summed E-state index contributed by atoms with van der Waals surface area (Å²) in [6.07, 6.45) is 25.0. The van der Waals surface area contributed by atoms with Gasteiger partial charge in [-0.2, -0.15) is 0 Å². The van der Waals surface area contributed by atoms with Gasteiger partial charge in [-0.25, -0.2) is 9.98 Å². The molecule has 268 valence electrons. The number of thiazole rings is 1. The Balaban J connectivity index is 1.51. The first-order valence-electron chi connectivity index (χ1n) is 19.2. The van der Waals surface area contributed by atoms with E-state index in [4.69, 9.17) is 9.98 Å². The van der Waals surface area contributed by atoms with Crippen LogP contribution >= 0.6 is 11.3 Å². The predicted molar refractivity (Wildman–Crippen MR) is 220 cm³/mol. The van der Waals surface area contributed by atoms with Crippen molar-refractivity contribution in [3.63, 3.8) is 0 Å². The zero-order chi connectivity index (χ0) is 36.0. The van der Waals surface area contributed by atoms with Crippen molar-refractivity contribution in [2.24, 2.45) is 22.2 Å². The molecule has 0 N–H and O–H groups in total. The molecule has 5 heteroatoms. The highest BCUT2D eigenvalue weighted by Gasteiger charge is 2.40. The van der Waals surface area contributed by atoms with Crippen LogP contribution in [-0.4, -0.2) is 32.7 Å². The van der Waals surface area contributed by atoms with Crippen LogP contribution < -0.4 is 0 Å². The average Bonchev–Trinajstić information content (AvgIpc) is 3.69. The topological polar surface area (TPSA) is 33.4 Å². The molecule has 3 atom stereocenters. The van der Waals surface area contributed by atoms with Crippen molar-refractivity contribution in [1.82, 2.24) is 14.5 Å². The van der Waals surface area contributed by atoms with Crippen molar-refractivity contribution in [1.29, 1.82) is 0 Å². The van der Waals surface area contributed by atoms with Gasteiger partial charge in [0, 0.05) is 42.3 Å². The van der Waals surface area contributed by atoms with Crippen molar-refractivity contribution in [3.8, 4) is 0 Å². The summed E-state index contributed by atoms with van der Waals surface area (Å²) in [7, 11) is 0. The first kappa shape index (κ1) is 37.8. The molecule has 0 radical (unpaired) electrons. The SMILES string of the molecule is C=C/C=C\C(=C(/C)C(C)CC)c1c(CC(C)(C)CCC=C)c2c(n1CC)CCC(c1csc(C/C(C=C)=N/C(=C)N3CC4CCCCC43)n1)=C2. The van der Waals surface area contributed by atoms with E-state index in [1.165, 1.54) is 64.9 Å². The van der Waals surface area contributed by atoms with Gasteiger partial charge in [-0.05, 0) is 117 Å². The smallest absolute Gasteiger partial charge is 0.121 e. The lowest BCUT2D eigenvalue weighted by molar-refractivity contribution is 0.0155. The van der Waals surface area contributed by atoms with Gasteiger partial charge in [0.2, 0.25) is 0 Å². The quantitative estimate of drug-likeness (QED) is 0.0940. The predicted octanol–water partition coefficient (Wildman–Crippen LogP) is 12.1. The number of likely N-dealkylation sites (tertiary alicyclic amines) is 1. The summed E-state index contributed by atoms with van der Waals surface area (Å²) in [6, 6.07) is 0.629. The monoisotopic (exact) mass is 690 g/mol. The van der Waals surface area contributed by atoms with Crippen molar-refractivity contribution < 1.29 is 0 Å². The van der Waals surface area contributed by atoms with E-state index >= 15 is 0 Å². The van der Waals surface area contributed by atoms with Crippen LogP contribution in [-0.2, 0) is 25.8 Å². The second kappa shape index (κ2) is 16.7. The van der Waals surface area contributed by atoms with E-state index in [0.717, 1.165) is 79.8 Å². The lowest BCUT2D eigenvalue weighted by Gasteiger charge is -2.52. The van der Waals surface area contributed by atoms with Gasteiger partial charge in [-0.1, -0.05) is 90.2 Å². The van der Waals surface area contributed by atoms with Gasteiger partial charge in [-0.3, -0.25) is 0 Å². The van der Waals surface area contributed by atoms with Crippen LogP contribution in [0.1, 0.15) is 126 Å². The highest BCUT2D eigenvalue weighted by Crippen LogP contribution is 2.43. The molecule has 0 spiro atoms. The molecule has 1 saturated carbocycles. The maximum Gasteiger partial charge on any atom is 0.121 e. The van der Waals surface area contributed by atoms with Crippen LogP contribution in [0.25, 0.3) is 17.2 Å². The number of nitrogens with zero attached hydrogens (tertiary/aromatic N) is 4. The maximum absolute atomic E-state index is 5.21. The number of rotatable bonds is 17. The Labute approximate surface area is 307 Å². The largest absolute Gasteiger partial charge is 0.353 e. The van der Waals surface area contributed by atoms with E-state index in [1.807, 2.05) is 12.2 Å². The third-order valence-corrected chi connectivity index (χ3v) is 12.5. The Morgan fingerprint density at radius 2 is 1.94 bits per heavy atom. The first-order chi connectivity index (χ1) is 24.0. The number of fused-ring (bicyclic) bond motifs is 2. The summed E-state index contributed by atoms with van der Waals surface area (Å²) in [6.45, 7) is 32.7. The summed E-state index contributed by atoms with van der Waals surface area (Å²) in [4.78, 5) is 12.6. The summed E-state index contributed by atoms with van der Waals surface area (Å²) in [5.41, 5.74) is 12.1. The van der Waals surface area contributed by atoms with E-state index in [-0.39, 0.29) is 5.41 Å². The van der Waals surface area contributed by atoms with Crippen molar-refractivity contribution in [2.45, 2.75) is 125 Å². The number of allylic oxidation sites excluding steroid dienone is 8. The molecule has 3 unspecified atom stereocenters. The van der Waals surface area contributed by atoms with Crippen molar-refractivity contribution in [2.75, 3.05) is 6.54 Å². The van der Waals surface area contributed by atoms with E-state index in [1.54, 1.807) is 11.3 Å². The van der Waals surface area contributed by atoms with Crippen LogP contribution in [0.3, 0.4) is 0 Å². The molecule has 4 nitrogen and oxygen atoms in total. The molecule has 2 fully saturated rings. The molecule has 2 aromatic rings. The summed E-state index contributed by atoms with van der Waals surface area (Å²) in [5, 5.41) is 3.33. The Bertz CT molecular complexity index is 1700. The lowest BCUT2D eigenvalue weighted by atomic mass is 9.77. The van der Waals surface area contributed by atoms with Crippen LogP contribution in [0, 0.1) is 17.3 Å². The maximum atomic E-state index is 5.21. The summed E-state index contributed by atoms with van der Waals surface area (Å²) in [5.74, 6) is 2.21. The Kier molecular flexibility index (Phi) is 12.6. The standard InChI is InChI=1S/C45H62N4S/c1-11-16-21-37(32(7)31(6)13-3)44-39(28-45(9,10)25-17-12-2)38-26-34(23-24-42(38)48(44)15-5)40-30-50-43(47-40)27-36(14-4)46-33(8)49-29-35-20-18-19-22-41(35)49/h11-12,14,16,21,26,30-31,35,41H,1-2,4,8,13,15,17-20,22-25,27-29H2,3,5-7,9-10H3/b21-16-,37-32-,46-36+. The number of aromatic nitrogens is 2. The molecule has 3 aliphatic rings. The zero-order valence-electron chi connectivity index (χ0n) is 32.0. The second-order valence-electron chi connectivity index (χ2n) is 15.6. The first-order valence-corrected chi connectivity index (χ1v) is 20.1. The number of hydrogen-bond acceptors (Lipinski definition) is 4. The van der Waals surface area contributed by atoms with Gasteiger partial charge in [0.15, 0.2) is 0 Å². The van der Waals surface area contributed by atoms with Crippen LogP contribution in [0.4, 0.5) is 0 Å². The van der Waals surface area contributed by atoms with Crippen LogP contribution in [0.5, 0.6) is 0 Å². The Morgan fingerprint density at radius 1 is 1.16 bits per heavy atom. The van der Waals surface area contributed by atoms with Gasteiger partial charge in [0.05, 0.1) is 16.4 Å². The average molecular weight is 691 g/mol. The van der Waals surface area contributed by atoms with Crippen LogP contribution in [0.2, 0.25) is 0 Å². The molecular formula is C45H62N4S. The van der Waals surface area contributed by atoms with Crippen molar-refractivity contribution >= 4 is 34.3 Å². The molecular weight excluding hydrogens is 629 g/mol. The van der Waals surface area contributed by atoms with Gasteiger partial charge in [-0.15, -0.1) is 17.9 Å². The molecule has 1 saturated heterocycles. The lowest BCUT2D eigenvalue weighted by Crippen LogP contribution is -2.56. The van der Waals surface area contributed by atoms with E-state index in [9.17, 15) is 0 Å². The number of aliphatic imine (C=N–C) groups is 1. The van der Waals surface area contributed by atoms with E-state index in [2.05, 4.69) is 107 Å². The summed E-state index contributed by atoms with van der Waals surface area (Å²) >= 11 is 1.74. The molecule has 5 rings (SSSR count). The van der Waals surface area contributed by atoms with E-state index in [0.29, 0.717) is 18.4 Å². The minimum Gasteiger partial charge on any atom is -0.353 e. The molecule has 3 heterocycles. The molecule has 2 aromatic heterocycles. The second-order valence-corrected chi connectivity index (χ2v) is 16.5. The minimum absolute atomic E-state index is 0.131.